The molecule has 164 valence electrons. The summed E-state index contributed by atoms with van der Waals surface area (Å²) in [5.41, 5.74) is 1.01. The SMILES string of the molecule is O=C(N[C@@H](Cc1ccc(O)cc1)C(=O)Oc1ccccc1[N+](=O)[O-])OCc1ccccc1. The lowest BCUT2D eigenvalue weighted by Gasteiger charge is -2.18. The third-order valence-electron chi connectivity index (χ3n) is 4.44. The normalized spacial score (nSPS) is 11.2. The number of esters is 1. The van der Waals surface area contributed by atoms with Crippen LogP contribution < -0.4 is 10.1 Å². The smallest absolute Gasteiger partial charge is 0.408 e. The van der Waals surface area contributed by atoms with Crippen LogP contribution in [0.5, 0.6) is 11.5 Å². The monoisotopic (exact) mass is 436 g/mol. The van der Waals surface area contributed by atoms with Crippen LogP contribution in [0.3, 0.4) is 0 Å². The van der Waals surface area contributed by atoms with Crippen LogP contribution in [-0.2, 0) is 22.6 Å². The van der Waals surface area contributed by atoms with E-state index in [2.05, 4.69) is 5.32 Å². The first-order chi connectivity index (χ1) is 15.4. The summed E-state index contributed by atoms with van der Waals surface area (Å²) in [5.74, 6) is -1.09. The number of phenols is 1. The summed E-state index contributed by atoms with van der Waals surface area (Å²) in [5, 5.41) is 23.1. The molecule has 2 N–H and O–H groups in total. The molecule has 1 amide bonds. The molecule has 9 nitrogen and oxygen atoms in total. The number of phenolic OH excluding ortho intramolecular Hbond substituents is 1. The molecule has 3 aromatic rings. The first-order valence-corrected chi connectivity index (χ1v) is 9.62. The Kier molecular flexibility index (Phi) is 7.37. The number of nitrogens with one attached hydrogen (secondary N) is 1. The summed E-state index contributed by atoms with van der Waals surface area (Å²) in [7, 11) is 0. The van der Waals surface area contributed by atoms with E-state index in [1.165, 1.54) is 36.4 Å². The summed E-state index contributed by atoms with van der Waals surface area (Å²) in [6.07, 6.45) is -0.836. The lowest BCUT2D eigenvalue weighted by Crippen LogP contribution is -2.44. The fourth-order valence-electron chi connectivity index (χ4n) is 2.84. The van der Waals surface area contributed by atoms with Crippen LogP contribution in [-0.4, -0.2) is 28.1 Å². The maximum absolute atomic E-state index is 12.8. The number of alkyl carbamates (subject to hydrolysis) is 1. The van der Waals surface area contributed by atoms with Crippen molar-refractivity contribution in [3.8, 4) is 11.5 Å². The van der Waals surface area contributed by atoms with E-state index in [-0.39, 0.29) is 30.2 Å². The maximum atomic E-state index is 12.8. The zero-order valence-electron chi connectivity index (χ0n) is 16.8. The van der Waals surface area contributed by atoms with Crippen LogP contribution in [0, 0.1) is 10.1 Å². The molecular weight excluding hydrogens is 416 g/mol. The molecule has 3 rings (SSSR count). The minimum atomic E-state index is -1.19. The second-order valence-corrected chi connectivity index (χ2v) is 6.78. The Bertz CT molecular complexity index is 1090. The number of amides is 1. The first-order valence-electron chi connectivity index (χ1n) is 9.62. The van der Waals surface area contributed by atoms with E-state index in [0.29, 0.717) is 5.56 Å². The van der Waals surface area contributed by atoms with Gasteiger partial charge in [-0.1, -0.05) is 54.6 Å². The Morgan fingerprint density at radius 1 is 0.938 bits per heavy atom. The molecule has 0 saturated carbocycles. The van der Waals surface area contributed by atoms with Crippen molar-refractivity contribution in [1.82, 2.24) is 5.32 Å². The van der Waals surface area contributed by atoms with Gasteiger partial charge in [-0.2, -0.15) is 0 Å². The Balaban J connectivity index is 1.73. The number of hydrogen-bond acceptors (Lipinski definition) is 7. The third-order valence-corrected chi connectivity index (χ3v) is 4.44. The van der Waals surface area contributed by atoms with Gasteiger partial charge in [0.15, 0.2) is 0 Å². The van der Waals surface area contributed by atoms with Crippen molar-refractivity contribution < 1.29 is 29.1 Å². The van der Waals surface area contributed by atoms with Crippen LogP contribution in [0.25, 0.3) is 0 Å². The molecule has 0 aliphatic carbocycles. The summed E-state index contributed by atoms with van der Waals surface area (Å²) in [6.45, 7) is -0.00218. The average Bonchev–Trinajstić information content (AvgIpc) is 2.79. The van der Waals surface area contributed by atoms with Crippen LogP contribution in [0.4, 0.5) is 10.5 Å². The highest BCUT2D eigenvalue weighted by Gasteiger charge is 2.27. The number of rotatable bonds is 8. The average molecular weight is 436 g/mol. The van der Waals surface area contributed by atoms with E-state index >= 15 is 0 Å². The van der Waals surface area contributed by atoms with Gasteiger partial charge in [-0.15, -0.1) is 0 Å². The molecular formula is C23H20N2O7. The van der Waals surface area contributed by atoms with Crippen molar-refractivity contribution in [1.29, 1.82) is 0 Å². The number of ether oxygens (including phenoxy) is 2. The summed E-state index contributed by atoms with van der Waals surface area (Å²) >= 11 is 0. The van der Waals surface area contributed by atoms with E-state index in [0.717, 1.165) is 5.56 Å². The number of nitrogens with zero attached hydrogens (tertiary/aromatic N) is 1. The number of aromatic hydroxyl groups is 1. The van der Waals surface area contributed by atoms with Crippen LogP contribution in [0.15, 0.2) is 78.9 Å². The number of nitro groups is 1. The number of hydrogen-bond donors (Lipinski definition) is 2. The molecule has 0 heterocycles. The van der Waals surface area contributed by atoms with E-state index in [1.54, 1.807) is 36.4 Å². The minimum absolute atomic E-state index is 0.00218. The number of para-hydroxylation sites is 2. The van der Waals surface area contributed by atoms with Gasteiger partial charge in [0, 0.05) is 12.5 Å². The van der Waals surface area contributed by atoms with Crippen LogP contribution >= 0.6 is 0 Å². The van der Waals surface area contributed by atoms with Gasteiger partial charge in [-0.3, -0.25) is 10.1 Å². The maximum Gasteiger partial charge on any atom is 0.408 e. The third kappa shape index (κ3) is 6.30. The fraction of sp³-hybridized carbons (Fsp3) is 0.130. The van der Waals surface area contributed by atoms with Crippen molar-refractivity contribution in [2.45, 2.75) is 19.1 Å². The first kappa shape index (κ1) is 22.3. The molecule has 0 saturated heterocycles. The van der Waals surface area contributed by atoms with E-state index in [9.17, 15) is 24.8 Å². The molecule has 0 unspecified atom stereocenters. The van der Waals surface area contributed by atoms with Gasteiger partial charge in [0.05, 0.1) is 4.92 Å². The number of carbonyl (C=O) groups excluding carboxylic acids is 2. The minimum Gasteiger partial charge on any atom is -0.508 e. The van der Waals surface area contributed by atoms with E-state index in [1.807, 2.05) is 6.07 Å². The van der Waals surface area contributed by atoms with Gasteiger partial charge in [0.2, 0.25) is 5.75 Å². The molecule has 1 atom stereocenters. The summed E-state index contributed by atoms with van der Waals surface area (Å²) in [4.78, 5) is 35.6. The van der Waals surface area contributed by atoms with E-state index in [4.69, 9.17) is 9.47 Å². The zero-order valence-corrected chi connectivity index (χ0v) is 16.8. The Morgan fingerprint density at radius 2 is 1.59 bits per heavy atom. The van der Waals surface area contributed by atoms with Gasteiger partial charge < -0.3 is 19.9 Å². The zero-order chi connectivity index (χ0) is 22.9. The highest BCUT2D eigenvalue weighted by molar-refractivity contribution is 5.84. The van der Waals surface area contributed by atoms with Gasteiger partial charge >= 0.3 is 17.7 Å². The molecule has 0 radical (unpaired) electrons. The summed E-state index contributed by atoms with van der Waals surface area (Å²) in [6, 6.07) is 19.3. The van der Waals surface area contributed by atoms with Crippen molar-refractivity contribution in [3.63, 3.8) is 0 Å². The molecule has 0 fully saturated rings. The largest absolute Gasteiger partial charge is 0.508 e. The van der Waals surface area contributed by atoms with Gasteiger partial charge in [-0.05, 0) is 29.3 Å². The predicted octanol–water partition coefficient (Wildman–Crippen LogP) is 3.74. The number of carbonyl (C=O) groups is 2. The molecule has 0 aliphatic rings. The van der Waals surface area contributed by atoms with Crippen LogP contribution in [0.1, 0.15) is 11.1 Å². The topological polar surface area (TPSA) is 128 Å². The predicted molar refractivity (Wildman–Crippen MR) is 114 cm³/mol. The lowest BCUT2D eigenvalue weighted by molar-refractivity contribution is -0.385. The fourth-order valence-corrected chi connectivity index (χ4v) is 2.84. The molecule has 9 heteroatoms. The molecule has 3 aromatic carbocycles. The van der Waals surface area contributed by atoms with Crippen molar-refractivity contribution in [3.05, 3.63) is 100 Å². The van der Waals surface area contributed by atoms with Gasteiger partial charge in [0.25, 0.3) is 0 Å². The van der Waals surface area contributed by atoms with Gasteiger partial charge in [-0.25, -0.2) is 9.59 Å². The van der Waals surface area contributed by atoms with Crippen molar-refractivity contribution >= 4 is 17.7 Å². The van der Waals surface area contributed by atoms with E-state index < -0.39 is 23.0 Å². The lowest BCUT2D eigenvalue weighted by atomic mass is 10.1. The highest BCUT2D eigenvalue weighted by atomic mass is 16.6. The number of nitro benzene ring substituents is 1. The molecule has 0 spiro atoms. The van der Waals surface area contributed by atoms with Crippen molar-refractivity contribution in [2.75, 3.05) is 0 Å². The van der Waals surface area contributed by atoms with Crippen LogP contribution in [0.2, 0.25) is 0 Å². The summed E-state index contributed by atoms with van der Waals surface area (Å²) < 4.78 is 10.4. The standard InChI is InChI=1S/C23H20N2O7/c26-18-12-10-16(11-13-18)14-19(24-23(28)31-15-17-6-2-1-3-7-17)22(27)32-21-9-5-4-8-20(21)25(29)30/h1-13,19,26H,14-15H2,(H,24,28)/t19-/m0/s1. The molecule has 32 heavy (non-hydrogen) atoms. The quantitative estimate of drug-likeness (QED) is 0.238. The van der Waals surface area contributed by atoms with Crippen molar-refractivity contribution in [2.24, 2.45) is 0 Å². The number of benzene rings is 3. The molecule has 0 bridgehead atoms. The Labute approximate surface area is 183 Å². The highest BCUT2D eigenvalue weighted by Crippen LogP contribution is 2.26. The second kappa shape index (κ2) is 10.6. The molecule has 0 aromatic heterocycles. The second-order valence-electron chi connectivity index (χ2n) is 6.78. The van der Waals surface area contributed by atoms with Gasteiger partial charge in [0.1, 0.15) is 18.4 Å². The Hall–Kier alpha value is -4.40. The molecule has 0 aliphatic heterocycles. The Morgan fingerprint density at radius 3 is 2.28 bits per heavy atom.